The van der Waals surface area contributed by atoms with Gasteiger partial charge in [-0.05, 0) is 72.2 Å². The first-order valence-electron chi connectivity index (χ1n) is 12.6. The molecule has 0 bridgehead atoms. The summed E-state index contributed by atoms with van der Waals surface area (Å²) in [6.07, 6.45) is 10.4. The fourth-order valence-corrected chi connectivity index (χ4v) is 5.10. The number of nitrogens with zero attached hydrogens (tertiary/aromatic N) is 3. The van der Waals surface area contributed by atoms with Crippen LogP contribution in [0.5, 0.6) is 0 Å². The van der Waals surface area contributed by atoms with Crippen LogP contribution in [0, 0.1) is 19.8 Å². The third-order valence-corrected chi connectivity index (χ3v) is 7.15. The van der Waals surface area contributed by atoms with Crippen molar-refractivity contribution in [3.05, 3.63) is 76.6 Å². The molecule has 1 aliphatic carbocycles. The van der Waals surface area contributed by atoms with Crippen molar-refractivity contribution in [2.75, 3.05) is 7.11 Å². The average molecular weight is 474 g/mol. The molecule has 1 aromatic heterocycles. The summed E-state index contributed by atoms with van der Waals surface area (Å²) in [5.74, 6) is 0.426. The summed E-state index contributed by atoms with van der Waals surface area (Å²) in [7, 11) is 1.41. The number of aryl methyl sites for hydroxylation is 2. The van der Waals surface area contributed by atoms with Crippen molar-refractivity contribution in [1.82, 2.24) is 15.4 Å². The zero-order chi connectivity index (χ0) is 24.6. The monoisotopic (exact) mass is 473 g/mol. The average Bonchev–Trinajstić information content (AvgIpc) is 2.89. The molecule has 2 aromatic carbocycles. The number of carbonyl (C=O) groups excluding carboxylic acids is 1. The number of aromatic nitrogens is 3. The fraction of sp³-hybridized carbons (Fsp3) is 0.448. The van der Waals surface area contributed by atoms with Gasteiger partial charge < -0.3 is 9.47 Å². The molecule has 1 atom stereocenters. The lowest BCUT2D eigenvalue weighted by Crippen LogP contribution is -2.13. The SMILES string of the molecule is COC(=O)c1ccc(COC(CCC2CCCCC2)c2cnnnc2C)cc1-c1ccccc1C. The number of benzene rings is 2. The van der Waals surface area contributed by atoms with Crippen LogP contribution in [0.15, 0.2) is 48.7 Å². The van der Waals surface area contributed by atoms with Crippen molar-refractivity contribution >= 4 is 5.97 Å². The molecule has 0 spiro atoms. The van der Waals surface area contributed by atoms with E-state index in [-0.39, 0.29) is 12.1 Å². The Morgan fingerprint density at radius 2 is 1.86 bits per heavy atom. The van der Waals surface area contributed by atoms with Crippen LogP contribution in [0.3, 0.4) is 0 Å². The molecular formula is C29H35N3O3. The van der Waals surface area contributed by atoms with Gasteiger partial charge in [0.05, 0.1) is 37.3 Å². The quantitative estimate of drug-likeness (QED) is 0.328. The van der Waals surface area contributed by atoms with E-state index in [9.17, 15) is 4.79 Å². The number of ether oxygens (including phenoxy) is 2. The van der Waals surface area contributed by atoms with Gasteiger partial charge in [-0.15, -0.1) is 10.2 Å². The molecule has 184 valence electrons. The van der Waals surface area contributed by atoms with Crippen LogP contribution in [0.4, 0.5) is 0 Å². The van der Waals surface area contributed by atoms with Crippen molar-refractivity contribution in [3.63, 3.8) is 0 Å². The molecular weight excluding hydrogens is 438 g/mol. The summed E-state index contributed by atoms with van der Waals surface area (Å²) in [4.78, 5) is 12.5. The van der Waals surface area contributed by atoms with Gasteiger partial charge in [0.25, 0.3) is 0 Å². The smallest absolute Gasteiger partial charge is 0.338 e. The van der Waals surface area contributed by atoms with Gasteiger partial charge >= 0.3 is 5.97 Å². The Balaban J connectivity index is 1.57. The highest BCUT2D eigenvalue weighted by Gasteiger charge is 2.21. The Labute approximate surface area is 208 Å². The van der Waals surface area contributed by atoms with E-state index in [1.54, 1.807) is 6.20 Å². The lowest BCUT2D eigenvalue weighted by Gasteiger charge is -2.25. The molecule has 0 aliphatic heterocycles. The maximum atomic E-state index is 12.5. The third-order valence-electron chi connectivity index (χ3n) is 7.15. The van der Waals surface area contributed by atoms with Gasteiger partial charge in [0.15, 0.2) is 0 Å². The molecule has 1 saturated carbocycles. The number of hydrogen-bond donors (Lipinski definition) is 0. The Kier molecular flexibility index (Phi) is 8.59. The van der Waals surface area contributed by atoms with Crippen molar-refractivity contribution in [1.29, 1.82) is 0 Å². The predicted molar refractivity (Wildman–Crippen MR) is 136 cm³/mol. The highest BCUT2D eigenvalue weighted by atomic mass is 16.5. The molecule has 4 rings (SSSR count). The first-order valence-corrected chi connectivity index (χ1v) is 12.6. The van der Waals surface area contributed by atoms with E-state index in [2.05, 4.69) is 15.4 Å². The van der Waals surface area contributed by atoms with Gasteiger partial charge in [0.2, 0.25) is 0 Å². The number of carbonyl (C=O) groups is 1. The minimum Gasteiger partial charge on any atom is -0.465 e. The topological polar surface area (TPSA) is 74.2 Å². The van der Waals surface area contributed by atoms with Gasteiger partial charge in [0.1, 0.15) is 0 Å². The molecule has 1 aliphatic rings. The van der Waals surface area contributed by atoms with Crippen molar-refractivity contribution in [3.8, 4) is 11.1 Å². The normalized spacial score (nSPS) is 15.1. The van der Waals surface area contributed by atoms with Crippen molar-refractivity contribution in [2.24, 2.45) is 5.92 Å². The van der Waals surface area contributed by atoms with Crippen LogP contribution in [0.2, 0.25) is 0 Å². The summed E-state index contributed by atoms with van der Waals surface area (Å²) >= 11 is 0. The van der Waals surface area contributed by atoms with Crippen molar-refractivity contribution in [2.45, 2.75) is 71.5 Å². The molecule has 1 unspecified atom stereocenters. The van der Waals surface area contributed by atoms with Gasteiger partial charge in [0, 0.05) is 5.56 Å². The van der Waals surface area contributed by atoms with Crippen LogP contribution in [-0.2, 0) is 16.1 Å². The highest BCUT2D eigenvalue weighted by Crippen LogP contribution is 2.34. The Morgan fingerprint density at radius 3 is 2.60 bits per heavy atom. The van der Waals surface area contributed by atoms with E-state index in [1.807, 2.05) is 56.3 Å². The van der Waals surface area contributed by atoms with E-state index in [0.29, 0.717) is 12.2 Å². The zero-order valence-electron chi connectivity index (χ0n) is 21.0. The summed E-state index contributed by atoms with van der Waals surface area (Å²) in [6.45, 7) is 4.44. The summed E-state index contributed by atoms with van der Waals surface area (Å²) < 4.78 is 11.6. The Hall–Kier alpha value is -3.12. The van der Waals surface area contributed by atoms with Gasteiger partial charge in [-0.1, -0.05) is 62.4 Å². The van der Waals surface area contributed by atoms with Crippen LogP contribution in [0.25, 0.3) is 11.1 Å². The van der Waals surface area contributed by atoms with Gasteiger partial charge in [-0.25, -0.2) is 4.79 Å². The molecule has 1 heterocycles. The molecule has 6 heteroatoms. The third kappa shape index (κ3) is 6.31. The second-order valence-electron chi connectivity index (χ2n) is 9.54. The minimum atomic E-state index is -0.342. The Morgan fingerprint density at radius 1 is 1.06 bits per heavy atom. The maximum Gasteiger partial charge on any atom is 0.338 e. The molecule has 6 nitrogen and oxygen atoms in total. The van der Waals surface area contributed by atoms with E-state index >= 15 is 0 Å². The molecule has 0 amide bonds. The van der Waals surface area contributed by atoms with E-state index < -0.39 is 0 Å². The minimum absolute atomic E-state index is 0.0953. The standard InChI is InChI=1S/C29H35N3O3/c1-20-9-7-8-12-24(20)26-17-23(13-15-25(26)29(33)34-3)19-35-28(27-18-30-32-31-21(27)2)16-14-22-10-5-4-6-11-22/h7-9,12-13,15,17-18,22,28H,4-6,10-11,14,16,19H2,1-3H3. The largest absolute Gasteiger partial charge is 0.465 e. The van der Waals surface area contributed by atoms with E-state index in [4.69, 9.17) is 9.47 Å². The van der Waals surface area contributed by atoms with Crippen LogP contribution in [0.1, 0.15) is 83.8 Å². The maximum absolute atomic E-state index is 12.5. The lowest BCUT2D eigenvalue weighted by atomic mass is 9.85. The van der Waals surface area contributed by atoms with Crippen molar-refractivity contribution < 1.29 is 14.3 Å². The fourth-order valence-electron chi connectivity index (χ4n) is 5.10. The molecule has 35 heavy (non-hydrogen) atoms. The summed E-state index contributed by atoms with van der Waals surface area (Å²) in [6, 6.07) is 13.9. The zero-order valence-corrected chi connectivity index (χ0v) is 21.0. The Bertz CT molecular complexity index is 1140. The van der Waals surface area contributed by atoms with E-state index in [1.165, 1.54) is 39.2 Å². The number of hydrogen-bond acceptors (Lipinski definition) is 6. The van der Waals surface area contributed by atoms with Crippen LogP contribution in [-0.4, -0.2) is 28.5 Å². The first-order chi connectivity index (χ1) is 17.1. The van der Waals surface area contributed by atoms with Crippen LogP contribution >= 0.6 is 0 Å². The molecule has 0 saturated heterocycles. The molecule has 3 aromatic rings. The van der Waals surface area contributed by atoms with Gasteiger partial charge in [-0.2, -0.15) is 0 Å². The van der Waals surface area contributed by atoms with Crippen LogP contribution < -0.4 is 0 Å². The second-order valence-corrected chi connectivity index (χ2v) is 9.54. The van der Waals surface area contributed by atoms with E-state index in [0.717, 1.165) is 52.3 Å². The lowest BCUT2D eigenvalue weighted by molar-refractivity contribution is 0.0273. The predicted octanol–water partition coefficient (Wildman–Crippen LogP) is 6.56. The van der Waals surface area contributed by atoms with Gasteiger partial charge in [-0.3, -0.25) is 0 Å². The number of methoxy groups -OCH3 is 1. The molecule has 1 fully saturated rings. The number of esters is 1. The first kappa shape index (κ1) is 25.0. The number of rotatable bonds is 9. The molecule has 0 radical (unpaired) electrons. The second kappa shape index (κ2) is 12.0. The summed E-state index contributed by atoms with van der Waals surface area (Å²) in [5.41, 5.74) is 6.39. The summed E-state index contributed by atoms with van der Waals surface area (Å²) in [5, 5.41) is 12.0. The molecule has 0 N–H and O–H groups in total. The highest BCUT2D eigenvalue weighted by molar-refractivity contribution is 5.97.